The smallest absolute Gasteiger partial charge is 0.276 e. The molecule has 0 spiro atoms. The Kier molecular flexibility index (Phi) is 5.19. The average molecular weight is 418 g/mol. The van der Waals surface area contributed by atoms with Gasteiger partial charge in [0.05, 0.1) is 29.3 Å². The zero-order chi connectivity index (χ0) is 21.6. The predicted octanol–water partition coefficient (Wildman–Crippen LogP) is 1.35. The molecule has 0 radical (unpaired) electrons. The number of aromatic nitrogens is 1. The molecule has 9 nitrogen and oxygen atoms in total. The largest absolute Gasteiger partial charge is 0.372 e. The first kappa shape index (κ1) is 20.3. The van der Waals surface area contributed by atoms with Crippen molar-refractivity contribution in [2.45, 2.75) is 39.0 Å². The average Bonchev–Trinajstić information content (AvgIpc) is 3.06. The lowest BCUT2D eigenvalue weighted by Crippen LogP contribution is -2.60. The number of fused-ring (bicyclic) bond motifs is 1. The highest BCUT2D eigenvalue weighted by molar-refractivity contribution is 6.07. The molecule has 2 atom stereocenters. The fourth-order valence-corrected chi connectivity index (χ4v) is 4.15. The normalized spacial score (nSPS) is 22.1. The number of morpholine rings is 1. The van der Waals surface area contributed by atoms with Crippen molar-refractivity contribution in [3.8, 4) is 0 Å². The molecule has 2 aliphatic rings. The van der Waals surface area contributed by atoms with E-state index in [4.69, 9.17) is 9.26 Å². The molecule has 1 aromatic carbocycles. The van der Waals surface area contributed by atoms with Gasteiger partial charge < -0.3 is 24.4 Å². The number of hydrogen-bond acceptors (Lipinski definition) is 7. The molecule has 3 heterocycles. The highest BCUT2D eigenvalue weighted by Gasteiger charge is 2.35. The van der Waals surface area contributed by atoms with E-state index in [1.165, 1.54) is 17.9 Å². The molecule has 0 bridgehead atoms. The summed E-state index contributed by atoms with van der Waals surface area (Å²) < 4.78 is 26.3. The molecule has 0 aliphatic carbocycles. The molecule has 4 rings (SSSR count). The van der Waals surface area contributed by atoms with E-state index in [1.54, 1.807) is 4.90 Å². The molecular weight excluding hydrogens is 395 g/mol. The standard InChI is InChI=1S/C20H23FN4O5/c1-10-5-24(6-11(2)29-10)18-13(9-26)4-15-17(23-30-19(15)16(18)21)20(28)25-7-14(8-25)22-12(3)27/h4,9-11,14H,5-8H2,1-3H3,(H,22,27). The van der Waals surface area contributed by atoms with Gasteiger partial charge in [0.15, 0.2) is 17.8 Å². The lowest BCUT2D eigenvalue weighted by Gasteiger charge is -2.38. The molecule has 160 valence electrons. The summed E-state index contributed by atoms with van der Waals surface area (Å²) in [4.78, 5) is 38.9. The molecule has 0 saturated carbocycles. The van der Waals surface area contributed by atoms with Gasteiger partial charge in [-0.25, -0.2) is 4.39 Å². The van der Waals surface area contributed by atoms with Crippen LogP contribution in [-0.2, 0) is 9.53 Å². The summed E-state index contributed by atoms with van der Waals surface area (Å²) >= 11 is 0. The topological polar surface area (TPSA) is 105 Å². The van der Waals surface area contributed by atoms with Gasteiger partial charge in [-0.15, -0.1) is 0 Å². The summed E-state index contributed by atoms with van der Waals surface area (Å²) in [6.45, 7) is 6.68. The Morgan fingerprint density at radius 1 is 1.23 bits per heavy atom. The quantitative estimate of drug-likeness (QED) is 0.748. The van der Waals surface area contributed by atoms with E-state index in [0.717, 1.165) is 0 Å². The molecular formula is C20H23FN4O5. The third-order valence-corrected chi connectivity index (χ3v) is 5.35. The zero-order valence-corrected chi connectivity index (χ0v) is 17.0. The minimum absolute atomic E-state index is 0.0523. The van der Waals surface area contributed by atoms with Crippen molar-refractivity contribution in [2.75, 3.05) is 31.1 Å². The Morgan fingerprint density at radius 2 is 1.90 bits per heavy atom. The number of likely N-dealkylation sites (tertiary alicyclic amines) is 1. The highest BCUT2D eigenvalue weighted by atomic mass is 19.1. The number of ether oxygens (including phenoxy) is 1. The maximum absolute atomic E-state index is 15.4. The van der Waals surface area contributed by atoms with Crippen molar-refractivity contribution in [3.63, 3.8) is 0 Å². The van der Waals surface area contributed by atoms with Gasteiger partial charge in [0.2, 0.25) is 11.5 Å². The molecule has 30 heavy (non-hydrogen) atoms. The summed E-state index contributed by atoms with van der Waals surface area (Å²) in [6, 6.07) is 1.32. The van der Waals surface area contributed by atoms with Crippen LogP contribution >= 0.6 is 0 Å². The van der Waals surface area contributed by atoms with Gasteiger partial charge in [-0.3, -0.25) is 14.4 Å². The number of anilines is 1. The lowest BCUT2D eigenvalue weighted by molar-refractivity contribution is -0.120. The van der Waals surface area contributed by atoms with Gasteiger partial charge in [-0.2, -0.15) is 0 Å². The number of nitrogens with zero attached hydrogens (tertiary/aromatic N) is 3. The molecule has 2 unspecified atom stereocenters. The zero-order valence-electron chi connectivity index (χ0n) is 17.0. The van der Waals surface area contributed by atoms with Crippen molar-refractivity contribution in [1.29, 1.82) is 0 Å². The first-order valence-electron chi connectivity index (χ1n) is 9.82. The first-order valence-corrected chi connectivity index (χ1v) is 9.82. The van der Waals surface area contributed by atoms with Gasteiger partial charge in [0, 0.05) is 38.7 Å². The number of halogens is 1. The van der Waals surface area contributed by atoms with E-state index in [2.05, 4.69) is 10.5 Å². The Morgan fingerprint density at radius 3 is 2.50 bits per heavy atom. The van der Waals surface area contributed by atoms with Crippen LogP contribution in [0.15, 0.2) is 10.6 Å². The number of benzene rings is 1. The minimum Gasteiger partial charge on any atom is -0.372 e. The molecule has 2 fully saturated rings. The Labute approximate surface area is 172 Å². The van der Waals surface area contributed by atoms with Crippen molar-refractivity contribution < 1.29 is 28.0 Å². The number of rotatable bonds is 4. The van der Waals surface area contributed by atoms with Crippen LogP contribution in [0.4, 0.5) is 10.1 Å². The highest BCUT2D eigenvalue weighted by Crippen LogP contribution is 2.34. The van der Waals surface area contributed by atoms with Crippen molar-refractivity contribution in [1.82, 2.24) is 15.4 Å². The van der Waals surface area contributed by atoms with Crippen LogP contribution in [0, 0.1) is 5.82 Å². The minimum atomic E-state index is -0.720. The number of nitrogens with one attached hydrogen (secondary N) is 1. The maximum atomic E-state index is 15.4. The Balaban J connectivity index is 1.66. The Bertz CT molecular complexity index is 1010. The monoisotopic (exact) mass is 418 g/mol. The van der Waals surface area contributed by atoms with Crippen molar-refractivity contribution in [2.24, 2.45) is 0 Å². The molecule has 1 N–H and O–H groups in total. The Hall–Kier alpha value is -3.01. The second kappa shape index (κ2) is 7.67. The fraction of sp³-hybridized carbons (Fsp3) is 0.500. The summed E-state index contributed by atoms with van der Waals surface area (Å²) in [7, 11) is 0. The number of amides is 2. The summed E-state index contributed by atoms with van der Waals surface area (Å²) in [6.07, 6.45) is 0.316. The van der Waals surface area contributed by atoms with Crippen LogP contribution in [0.5, 0.6) is 0 Å². The summed E-state index contributed by atoms with van der Waals surface area (Å²) in [5, 5.41) is 6.66. The van der Waals surface area contributed by atoms with E-state index >= 15 is 4.39 Å². The van der Waals surface area contributed by atoms with Crippen LogP contribution in [-0.4, -0.2) is 72.6 Å². The van der Waals surface area contributed by atoms with Crippen molar-refractivity contribution in [3.05, 3.63) is 23.1 Å². The van der Waals surface area contributed by atoms with Gasteiger partial charge >= 0.3 is 0 Å². The summed E-state index contributed by atoms with van der Waals surface area (Å²) in [5.41, 5.74) is 0.0378. The van der Waals surface area contributed by atoms with E-state index in [-0.39, 0.29) is 52.1 Å². The van der Waals surface area contributed by atoms with E-state index in [9.17, 15) is 14.4 Å². The molecule has 1 aromatic heterocycles. The summed E-state index contributed by atoms with van der Waals surface area (Å²) in [5.74, 6) is -1.33. The van der Waals surface area contributed by atoms with Crippen LogP contribution in [0.25, 0.3) is 11.0 Å². The SMILES string of the molecule is CC(=O)NC1CN(C(=O)c2noc3c(F)c(N4CC(C)OC(C)C4)c(C=O)cc23)C1. The second-order valence-electron chi connectivity index (χ2n) is 7.92. The van der Waals surface area contributed by atoms with Gasteiger partial charge in [-0.05, 0) is 19.9 Å². The molecule has 2 saturated heterocycles. The fourth-order valence-electron chi connectivity index (χ4n) is 4.15. The van der Waals surface area contributed by atoms with Crippen LogP contribution in [0.3, 0.4) is 0 Å². The number of hydrogen-bond donors (Lipinski definition) is 1. The van der Waals surface area contributed by atoms with Crippen LogP contribution in [0.2, 0.25) is 0 Å². The number of carbonyl (C=O) groups excluding carboxylic acids is 3. The second-order valence-corrected chi connectivity index (χ2v) is 7.92. The predicted molar refractivity (Wildman–Crippen MR) is 105 cm³/mol. The van der Waals surface area contributed by atoms with Crippen LogP contribution < -0.4 is 10.2 Å². The van der Waals surface area contributed by atoms with E-state index in [1.807, 2.05) is 13.8 Å². The van der Waals surface area contributed by atoms with Gasteiger partial charge in [0.1, 0.15) is 0 Å². The number of aldehydes is 1. The van der Waals surface area contributed by atoms with Gasteiger partial charge in [0.25, 0.3) is 5.91 Å². The van der Waals surface area contributed by atoms with Crippen molar-refractivity contribution >= 4 is 34.8 Å². The maximum Gasteiger partial charge on any atom is 0.276 e. The van der Waals surface area contributed by atoms with E-state index < -0.39 is 11.7 Å². The third-order valence-electron chi connectivity index (χ3n) is 5.35. The third kappa shape index (κ3) is 3.51. The molecule has 10 heteroatoms. The molecule has 2 aliphatic heterocycles. The van der Waals surface area contributed by atoms with E-state index in [0.29, 0.717) is 32.5 Å². The molecule has 2 aromatic rings. The lowest BCUT2D eigenvalue weighted by atomic mass is 10.0. The van der Waals surface area contributed by atoms with Gasteiger partial charge in [-0.1, -0.05) is 5.16 Å². The first-order chi connectivity index (χ1) is 14.3. The van der Waals surface area contributed by atoms with Crippen LogP contribution in [0.1, 0.15) is 41.6 Å². The number of carbonyl (C=O) groups is 3. The molecule has 2 amide bonds.